The minimum atomic E-state index is -0.269. The van der Waals surface area contributed by atoms with E-state index in [2.05, 4.69) is 19.9 Å². The van der Waals surface area contributed by atoms with Crippen LogP contribution < -0.4 is 0 Å². The lowest BCUT2D eigenvalue weighted by molar-refractivity contribution is 0.0831. The SMILES string of the molecule is CCCC1(CCC)CC(C#N)(Sc2ccccc2Cl)C1. The molecule has 0 aromatic heterocycles. The number of hydrogen-bond donors (Lipinski definition) is 0. The topological polar surface area (TPSA) is 23.8 Å². The van der Waals surface area contributed by atoms with Gasteiger partial charge < -0.3 is 0 Å². The van der Waals surface area contributed by atoms with Crippen molar-refractivity contribution in [2.24, 2.45) is 5.41 Å². The molecule has 1 aromatic carbocycles. The van der Waals surface area contributed by atoms with Gasteiger partial charge in [-0.15, -0.1) is 11.8 Å². The molecule has 0 bridgehead atoms. The Balaban J connectivity index is 2.11. The maximum absolute atomic E-state index is 9.64. The fraction of sp³-hybridized carbons (Fsp3) is 0.588. The molecule has 108 valence electrons. The normalized spacial score (nSPS) is 19.1. The number of rotatable bonds is 6. The Morgan fingerprint density at radius 3 is 2.30 bits per heavy atom. The molecule has 0 radical (unpaired) electrons. The van der Waals surface area contributed by atoms with E-state index >= 15 is 0 Å². The van der Waals surface area contributed by atoms with Crippen LogP contribution in [0.15, 0.2) is 29.2 Å². The largest absolute Gasteiger partial charge is 0.197 e. The van der Waals surface area contributed by atoms with Gasteiger partial charge in [0.2, 0.25) is 0 Å². The van der Waals surface area contributed by atoms with Crippen LogP contribution in [0.1, 0.15) is 52.4 Å². The summed E-state index contributed by atoms with van der Waals surface area (Å²) in [6.45, 7) is 4.48. The fourth-order valence-electron chi connectivity index (χ4n) is 3.61. The van der Waals surface area contributed by atoms with Crippen LogP contribution in [0.3, 0.4) is 0 Å². The van der Waals surface area contributed by atoms with Gasteiger partial charge in [-0.3, -0.25) is 0 Å². The van der Waals surface area contributed by atoms with E-state index in [1.807, 2.05) is 24.3 Å². The standard InChI is InChI=1S/C17H22ClNS/c1-3-9-16(10-4-2)11-17(12-16,13-19)20-15-8-6-5-7-14(15)18/h5-8H,3-4,9-12H2,1-2H3. The van der Waals surface area contributed by atoms with Gasteiger partial charge in [-0.1, -0.05) is 50.4 Å². The highest BCUT2D eigenvalue weighted by Crippen LogP contribution is 2.61. The van der Waals surface area contributed by atoms with Gasteiger partial charge in [0.1, 0.15) is 4.75 Å². The lowest BCUT2D eigenvalue weighted by Gasteiger charge is -2.53. The first-order valence-electron chi connectivity index (χ1n) is 7.43. The van der Waals surface area contributed by atoms with Gasteiger partial charge in [0, 0.05) is 4.90 Å². The van der Waals surface area contributed by atoms with Gasteiger partial charge in [0.15, 0.2) is 0 Å². The molecule has 0 atom stereocenters. The Morgan fingerprint density at radius 2 is 1.80 bits per heavy atom. The predicted octanol–water partition coefficient (Wildman–Crippen LogP) is 6.07. The average Bonchev–Trinajstić information content (AvgIpc) is 2.39. The van der Waals surface area contributed by atoms with Crippen LogP contribution in [-0.4, -0.2) is 4.75 Å². The highest BCUT2D eigenvalue weighted by atomic mass is 35.5. The first-order valence-corrected chi connectivity index (χ1v) is 8.63. The van der Waals surface area contributed by atoms with E-state index in [4.69, 9.17) is 11.6 Å². The first-order chi connectivity index (χ1) is 9.59. The number of hydrogen-bond acceptors (Lipinski definition) is 2. The predicted molar refractivity (Wildman–Crippen MR) is 87.1 cm³/mol. The summed E-state index contributed by atoms with van der Waals surface area (Å²) in [6, 6.07) is 10.4. The molecule has 1 aliphatic carbocycles. The molecule has 1 fully saturated rings. The molecule has 0 unspecified atom stereocenters. The molecule has 1 saturated carbocycles. The third-order valence-electron chi connectivity index (χ3n) is 4.23. The zero-order valence-electron chi connectivity index (χ0n) is 12.3. The summed E-state index contributed by atoms with van der Waals surface area (Å²) in [4.78, 5) is 1.04. The van der Waals surface area contributed by atoms with Crippen molar-refractivity contribution in [1.82, 2.24) is 0 Å². The van der Waals surface area contributed by atoms with Crippen LogP contribution in [-0.2, 0) is 0 Å². The maximum atomic E-state index is 9.64. The molecule has 0 N–H and O–H groups in total. The van der Waals surface area contributed by atoms with E-state index in [1.165, 1.54) is 25.7 Å². The Kier molecular flexibility index (Phi) is 5.04. The van der Waals surface area contributed by atoms with E-state index in [0.717, 1.165) is 22.8 Å². The van der Waals surface area contributed by atoms with Crippen LogP contribution in [0.2, 0.25) is 5.02 Å². The van der Waals surface area contributed by atoms with E-state index in [9.17, 15) is 5.26 Å². The summed E-state index contributed by atoms with van der Waals surface area (Å²) in [5.74, 6) is 0. The van der Waals surface area contributed by atoms with Crippen molar-refractivity contribution in [2.75, 3.05) is 0 Å². The van der Waals surface area contributed by atoms with Gasteiger partial charge in [-0.25, -0.2) is 0 Å². The molecule has 0 spiro atoms. The molecule has 3 heteroatoms. The van der Waals surface area contributed by atoms with Crippen LogP contribution >= 0.6 is 23.4 Å². The van der Waals surface area contributed by atoms with Crippen molar-refractivity contribution in [1.29, 1.82) is 5.26 Å². The van der Waals surface area contributed by atoms with Crippen LogP contribution in [0, 0.1) is 16.7 Å². The molecular weight excluding hydrogens is 286 g/mol. The van der Waals surface area contributed by atoms with Crippen molar-refractivity contribution >= 4 is 23.4 Å². The lowest BCUT2D eigenvalue weighted by atomic mass is 9.58. The Bertz CT molecular complexity index is 492. The highest BCUT2D eigenvalue weighted by molar-refractivity contribution is 8.01. The van der Waals surface area contributed by atoms with Crippen LogP contribution in [0.4, 0.5) is 0 Å². The zero-order valence-corrected chi connectivity index (χ0v) is 13.9. The fourth-order valence-corrected chi connectivity index (χ4v) is 5.40. The molecule has 0 aliphatic heterocycles. The van der Waals surface area contributed by atoms with Gasteiger partial charge in [0.25, 0.3) is 0 Å². The number of nitrogens with zero attached hydrogens (tertiary/aromatic N) is 1. The van der Waals surface area contributed by atoms with Crippen LogP contribution in [0.25, 0.3) is 0 Å². The van der Waals surface area contributed by atoms with E-state index < -0.39 is 0 Å². The quantitative estimate of drug-likeness (QED) is 0.636. The minimum Gasteiger partial charge on any atom is -0.197 e. The number of benzene rings is 1. The van der Waals surface area contributed by atoms with Gasteiger partial charge >= 0.3 is 0 Å². The summed E-state index contributed by atoms with van der Waals surface area (Å²) >= 11 is 7.90. The second-order valence-corrected chi connectivity index (χ2v) is 7.82. The second kappa shape index (κ2) is 6.41. The third kappa shape index (κ3) is 3.15. The van der Waals surface area contributed by atoms with Crippen molar-refractivity contribution < 1.29 is 0 Å². The molecular formula is C17H22ClNS. The molecule has 1 aromatic rings. The molecule has 0 amide bonds. The summed E-state index contributed by atoms with van der Waals surface area (Å²) in [6.07, 6.45) is 6.92. The Morgan fingerprint density at radius 1 is 1.20 bits per heavy atom. The summed E-state index contributed by atoms with van der Waals surface area (Å²) in [5, 5.41) is 10.4. The molecule has 2 rings (SSSR count). The number of nitriles is 1. The van der Waals surface area contributed by atoms with E-state index in [0.29, 0.717) is 5.41 Å². The highest BCUT2D eigenvalue weighted by Gasteiger charge is 2.54. The smallest absolute Gasteiger partial charge is 0.108 e. The maximum Gasteiger partial charge on any atom is 0.108 e. The molecule has 20 heavy (non-hydrogen) atoms. The summed E-state index contributed by atoms with van der Waals surface area (Å²) in [5.41, 5.74) is 0.396. The van der Waals surface area contributed by atoms with Crippen molar-refractivity contribution in [3.05, 3.63) is 29.3 Å². The first kappa shape index (κ1) is 15.7. The zero-order chi connectivity index (χ0) is 14.6. The van der Waals surface area contributed by atoms with Gasteiger partial charge in [0.05, 0.1) is 11.1 Å². The van der Waals surface area contributed by atoms with Gasteiger partial charge in [-0.05, 0) is 43.2 Å². The molecule has 1 aliphatic rings. The van der Waals surface area contributed by atoms with Crippen molar-refractivity contribution in [2.45, 2.75) is 62.0 Å². The summed E-state index contributed by atoms with van der Waals surface area (Å²) in [7, 11) is 0. The molecule has 0 saturated heterocycles. The number of thioether (sulfide) groups is 1. The lowest BCUT2D eigenvalue weighted by Crippen LogP contribution is -2.48. The second-order valence-electron chi connectivity index (χ2n) is 5.99. The number of halogens is 1. The molecule has 1 nitrogen and oxygen atoms in total. The Labute approximate surface area is 131 Å². The van der Waals surface area contributed by atoms with Crippen molar-refractivity contribution in [3.8, 4) is 6.07 Å². The Hall–Kier alpha value is -0.650. The van der Waals surface area contributed by atoms with Crippen molar-refractivity contribution in [3.63, 3.8) is 0 Å². The van der Waals surface area contributed by atoms with Crippen LogP contribution in [0.5, 0.6) is 0 Å². The van der Waals surface area contributed by atoms with E-state index in [1.54, 1.807) is 11.8 Å². The monoisotopic (exact) mass is 307 g/mol. The summed E-state index contributed by atoms with van der Waals surface area (Å²) < 4.78 is -0.269. The average molecular weight is 308 g/mol. The van der Waals surface area contributed by atoms with E-state index in [-0.39, 0.29) is 4.75 Å². The third-order valence-corrected chi connectivity index (χ3v) is 6.02. The van der Waals surface area contributed by atoms with Gasteiger partial charge in [-0.2, -0.15) is 5.26 Å². The molecule has 0 heterocycles. The minimum absolute atomic E-state index is 0.269.